The molecule has 2 aliphatic rings. The monoisotopic (exact) mass is 522 g/mol. The number of hydrogen-bond donors (Lipinski definition) is 2. The highest BCUT2D eigenvalue weighted by Gasteiger charge is 2.35. The molecule has 4 rings (SSSR count). The predicted molar refractivity (Wildman–Crippen MR) is 128 cm³/mol. The van der Waals surface area contributed by atoms with Crippen LogP contribution in [-0.4, -0.2) is 72.2 Å². The summed E-state index contributed by atoms with van der Waals surface area (Å²) in [5.74, 6) is -1.54. The average Bonchev–Trinajstić information content (AvgIpc) is 3.38. The van der Waals surface area contributed by atoms with E-state index in [1.807, 2.05) is 5.38 Å². The maximum absolute atomic E-state index is 13.8. The van der Waals surface area contributed by atoms with Crippen molar-refractivity contribution in [1.29, 1.82) is 0 Å². The van der Waals surface area contributed by atoms with Crippen LogP contribution in [0.5, 0.6) is 0 Å². The van der Waals surface area contributed by atoms with Crippen LogP contribution < -0.4 is 5.32 Å². The Bertz CT molecular complexity index is 1160. The summed E-state index contributed by atoms with van der Waals surface area (Å²) in [7, 11) is 1.28. The van der Waals surface area contributed by atoms with E-state index in [0.29, 0.717) is 48.3 Å². The third-order valence-electron chi connectivity index (χ3n) is 5.83. The highest BCUT2D eigenvalue weighted by Crippen LogP contribution is 2.37. The summed E-state index contributed by atoms with van der Waals surface area (Å²) < 4.78 is 24.5. The number of esters is 1. The van der Waals surface area contributed by atoms with E-state index >= 15 is 0 Å². The van der Waals surface area contributed by atoms with Crippen molar-refractivity contribution in [2.24, 2.45) is 4.99 Å². The molecule has 0 aliphatic carbocycles. The average molecular weight is 523 g/mol. The third kappa shape index (κ3) is 5.87. The zero-order valence-electron chi connectivity index (χ0n) is 18.9. The molecule has 2 aliphatic heterocycles. The maximum atomic E-state index is 13.8. The molecule has 35 heavy (non-hydrogen) atoms. The number of halogens is 2. The molecule has 0 radical (unpaired) electrons. The molecule has 186 valence electrons. The molecular formula is C23H24ClFN4O5S. The van der Waals surface area contributed by atoms with Crippen molar-refractivity contribution < 1.29 is 28.6 Å². The van der Waals surface area contributed by atoms with Crippen LogP contribution in [0.4, 0.5) is 4.39 Å². The Morgan fingerprint density at radius 1 is 1.43 bits per heavy atom. The first-order chi connectivity index (χ1) is 16.9. The minimum Gasteiger partial charge on any atom is -0.481 e. The summed E-state index contributed by atoms with van der Waals surface area (Å²) in [6, 6.07) is 2.94. The van der Waals surface area contributed by atoms with Crippen LogP contribution in [0.1, 0.15) is 29.5 Å². The van der Waals surface area contributed by atoms with Gasteiger partial charge in [0.1, 0.15) is 11.9 Å². The van der Waals surface area contributed by atoms with Gasteiger partial charge in [-0.25, -0.2) is 14.2 Å². The number of morpholine rings is 1. The Morgan fingerprint density at radius 3 is 2.94 bits per heavy atom. The topological polar surface area (TPSA) is 113 Å². The number of amidine groups is 1. The largest absolute Gasteiger partial charge is 0.481 e. The molecule has 2 N–H and O–H groups in total. The van der Waals surface area contributed by atoms with E-state index in [1.165, 1.54) is 36.6 Å². The van der Waals surface area contributed by atoms with Gasteiger partial charge < -0.3 is 19.9 Å². The molecule has 3 heterocycles. The summed E-state index contributed by atoms with van der Waals surface area (Å²) in [5, 5.41) is 14.9. The number of carboxylic acid groups (broad SMARTS) is 1. The van der Waals surface area contributed by atoms with Crippen LogP contribution in [-0.2, 0) is 19.1 Å². The van der Waals surface area contributed by atoms with E-state index in [1.54, 1.807) is 6.20 Å². The van der Waals surface area contributed by atoms with Crippen molar-refractivity contribution in [3.63, 3.8) is 0 Å². The molecule has 2 unspecified atom stereocenters. The number of aliphatic imine (C=N–C) groups is 1. The predicted octanol–water partition coefficient (Wildman–Crippen LogP) is 3.02. The van der Waals surface area contributed by atoms with Gasteiger partial charge in [-0.1, -0.05) is 17.7 Å². The lowest BCUT2D eigenvalue weighted by molar-refractivity contribution is -0.138. The van der Waals surface area contributed by atoms with Crippen LogP contribution in [0.2, 0.25) is 5.02 Å². The van der Waals surface area contributed by atoms with Gasteiger partial charge in [0.2, 0.25) is 0 Å². The van der Waals surface area contributed by atoms with Crippen LogP contribution in [0, 0.1) is 5.82 Å². The van der Waals surface area contributed by atoms with Crippen LogP contribution >= 0.6 is 22.9 Å². The Hall–Kier alpha value is -2.86. The standard InChI is InChI=1S/C23H24ClFN4O5S/c1-33-23(32)19-17(11-29-7-8-34-12-14(29)3-5-18(30)31)27-21(22-26-6-9-35-22)28-20(19)15-4-2-13(25)10-16(15)24/h2,4,6,9-10,14,20H,3,5,7-8,11-12H2,1H3,(H,27,28)(H,30,31). The van der Waals surface area contributed by atoms with Crippen molar-refractivity contribution in [3.8, 4) is 0 Å². The first-order valence-corrected chi connectivity index (χ1v) is 12.2. The lowest BCUT2D eigenvalue weighted by atomic mass is 9.94. The Kier molecular flexibility index (Phi) is 8.11. The summed E-state index contributed by atoms with van der Waals surface area (Å²) >= 11 is 7.76. The zero-order chi connectivity index (χ0) is 24.9. The van der Waals surface area contributed by atoms with Gasteiger partial charge in [0.15, 0.2) is 10.8 Å². The van der Waals surface area contributed by atoms with Crippen molar-refractivity contribution in [1.82, 2.24) is 15.2 Å². The molecule has 2 atom stereocenters. The molecular weight excluding hydrogens is 499 g/mol. The number of nitrogens with one attached hydrogen (secondary N) is 1. The Morgan fingerprint density at radius 2 is 2.26 bits per heavy atom. The Balaban J connectivity index is 1.76. The molecule has 0 bridgehead atoms. The molecule has 1 aromatic heterocycles. The fourth-order valence-electron chi connectivity index (χ4n) is 4.12. The molecule has 12 heteroatoms. The lowest BCUT2D eigenvalue weighted by Crippen LogP contribution is -2.49. The van der Waals surface area contributed by atoms with E-state index in [9.17, 15) is 14.0 Å². The molecule has 2 aromatic rings. The molecule has 9 nitrogen and oxygen atoms in total. The van der Waals surface area contributed by atoms with E-state index in [0.717, 1.165) is 0 Å². The minimum atomic E-state index is -0.884. The van der Waals surface area contributed by atoms with Gasteiger partial charge >= 0.3 is 11.9 Å². The number of hydrogen-bond acceptors (Lipinski definition) is 9. The van der Waals surface area contributed by atoms with Gasteiger partial charge in [-0.05, 0) is 18.6 Å². The fraction of sp³-hybridized carbons (Fsp3) is 0.391. The van der Waals surface area contributed by atoms with Gasteiger partial charge in [-0.2, -0.15) is 0 Å². The van der Waals surface area contributed by atoms with E-state index in [4.69, 9.17) is 31.2 Å². The second kappa shape index (κ2) is 11.3. The van der Waals surface area contributed by atoms with Gasteiger partial charge in [-0.3, -0.25) is 14.7 Å². The number of ether oxygens (including phenoxy) is 2. The summed E-state index contributed by atoms with van der Waals surface area (Å²) in [5.41, 5.74) is 1.22. The number of benzene rings is 1. The molecule has 1 fully saturated rings. The van der Waals surface area contributed by atoms with Crippen molar-refractivity contribution in [3.05, 3.63) is 62.5 Å². The fourth-order valence-corrected chi connectivity index (χ4v) is 4.98. The van der Waals surface area contributed by atoms with Crippen LogP contribution in [0.3, 0.4) is 0 Å². The summed E-state index contributed by atoms with van der Waals surface area (Å²) in [6.07, 6.45) is 2.05. The quantitative estimate of drug-likeness (QED) is 0.509. The van der Waals surface area contributed by atoms with Gasteiger partial charge in [0, 0.05) is 53.4 Å². The number of aromatic nitrogens is 1. The van der Waals surface area contributed by atoms with Gasteiger partial charge in [0.25, 0.3) is 0 Å². The number of thiazole rings is 1. The SMILES string of the molecule is COC(=O)C1=C(CN2CCOCC2CCC(=O)O)NC(c2nccs2)=NC1c1ccc(F)cc1Cl. The van der Waals surface area contributed by atoms with Crippen molar-refractivity contribution in [2.75, 3.05) is 33.4 Å². The van der Waals surface area contributed by atoms with Crippen molar-refractivity contribution >= 4 is 40.7 Å². The second-order valence-electron chi connectivity index (χ2n) is 8.02. The summed E-state index contributed by atoms with van der Waals surface area (Å²) in [6.45, 7) is 1.70. The number of rotatable bonds is 8. The molecule has 1 saturated heterocycles. The third-order valence-corrected chi connectivity index (χ3v) is 6.93. The van der Waals surface area contributed by atoms with E-state index in [-0.39, 0.29) is 29.6 Å². The minimum absolute atomic E-state index is 0.000494. The van der Waals surface area contributed by atoms with Crippen LogP contribution in [0.15, 0.2) is 46.0 Å². The molecule has 0 amide bonds. The number of aliphatic carboxylic acids is 1. The smallest absolute Gasteiger partial charge is 0.338 e. The number of carbonyl (C=O) groups is 2. The molecule has 0 spiro atoms. The highest BCUT2D eigenvalue weighted by atomic mass is 35.5. The molecule has 1 aromatic carbocycles. The van der Waals surface area contributed by atoms with E-state index in [2.05, 4.69) is 15.2 Å². The number of nitrogens with zero attached hydrogens (tertiary/aromatic N) is 3. The molecule has 0 saturated carbocycles. The van der Waals surface area contributed by atoms with E-state index < -0.39 is 23.8 Å². The first kappa shape index (κ1) is 25.2. The number of carboxylic acids is 1. The second-order valence-corrected chi connectivity index (χ2v) is 9.33. The maximum Gasteiger partial charge on any atom is 0.338 e. The highest BCUT2D eigenvalue weighted by molar-refractivity contribution is 7.11. The summed E-state index contributed by atoms with van der Waals surface area (Å²) in [4.78, 5) is 35.3. The number of methoxy groups -OCH3 is 1. The van der Waals surface area contributed by atoms with Crippen LogP contribution in [0.25, 0.3) is 0 Å². The Labute approximate surface area is 210 Å². The van der Waals surface area contributed by atoms with Gasteiger partial charge in [0.05, 0.1) is 25.9 Å². The zero-order valence-corrected chi connectivity index (χ0v) is 20.4. The normalized spacial score (nSPS) is 20.8. The van der Waals surface area contributed by atoms with Crippen molar-refractivity contribution in [2.45, 2.75) is 24.9 Å². The lowest BCUT2D eigenvalue weighted by Gasteiger charge is -2.37. The number of carbonyl (C=O) groups excluding carboxylic acids is 1. The van der Waals surface area contributed by atoms with Gasteiger partial charge in [-0.15, -0.1) is 11.3 Å². The first-order valence-electron chi connectivity index (χ1n) is 10.9.